The van der Waals surface area contributed by atoms with Gasteiger partial charge in [0.2, 0.25) is 5.82 Å². The van der Waals surface area contributed by atoms with Crippen LogP contribution in [0.2, 0.25) is 0 Å². The molecule has 2 aromatic rings. The van der Waals surface area contributed by atoms with Gasteiger partial charge in [-0.2, -0.15) is 0 Å². The highest BCUT2D eigenvalue weighted by Crippen LogP contribution is 2.26. The van der Waals surface area contributed by atoms with Crippen molar-refractivity contribution in [2.45, 2.75) is 6.92 Å². The van der Waals surface area contributed by atoms with Gasteiger partial charge in [0, 0.05) is 8.95 Å². The number of aromatic amines is 1. The van der Waals surface area contributed by atoms with E-state index in [1.807, 2.05) is 12.1 Å². The lowest BCUT2D eigenvalue weighted by Crippen LogP contribution is -2.14. The van der Waals surface area contributed by atoms with Crippen LogP contribution in [0.15, 0.2) is 27.1 Å². The van der Waals surface area contributed by atoms with Crippen molar-refractivity contribution in [1.29, 1.82) is 0 Å². The molecule has 0 fully saturated rings. The second-order valence-corrected chi connectivity index (χ2v) is 5.09. The first-order chi connectivity index (χ1) is 8.06. The minimum absolute atomic E-state index is 0.123. The third-order valence-corrected chi connectivity index (χ3v) is 3.13. The quantitative estimate of drug-likeness (QED) is 0.866. The third-order valence-electron chi connectivity index (χ3n) is 1.98. The molecule has 0 unspecified atom stereocenters. The lowest BCUT2D eigenvalue weighted by Gasteiger charge is -2.05. The first-order valence-electron chi connectivity index (χ1n) is 4.71. The van der Waals surface area contributed by atoms with Crippen LogP contribution >= 0.6 is 31.9 Å². The van der Waals surface area contributed by atoms with Gasteiger partial charge in [-0.1, -0.05) is 15.9 Å². The number of aryl methyl sites for hydroxylation is 1. The van der Waals surface area contributed by atoms with Gasteiger partial charge in [0.1, 0.15) is 5.82 Å². The van der Waals surface area contributed by atoms with E-state index in [0.717, 1.165) is 8.95 Å². The predicted molar refractivity (Wildman–Crippen MR) is 70.9 cm³/mol. The maximum absolute atomic E-state index is 11.8. The maximum Gasteiger partial charge on any atom is 0.295 e. The summed E-state index contributed by atoms with van der Waals surface area (Å²) in [5, 5.41) is 9.12. The van der Waals surface area contributed by atoms with Crippen molar-refractivity contribution in [2.24, 2.45) is 0 Å². The fourth-order valence-corrected chi connectivity index (χ4v) is 2.36. The Bertz CT molecular complexity index is 567. The molecule has 7 heteroatoms. The summed E-state index contributed by atoms with van der Waals surface area (Å²) >= 11 is 6.70. The van der Waals surface area contributed by atoms with E-state index in [4.69, 9.17) is 0 Å². The fraction of sp³-hybridized carbons (Fsp3) is 0.100. The van der Waals surface area contributed by atoms with E-state index >= 15 is 0 Å². The summed E-state index contributed by atoms with van der Waals surface area (Å²) in [7, 11) is 0. The van der Waals surface area contributed by atoms with Crippen LogP contribution in [0.4, 0.5) is 5.69 Å². The van der Waals surface area contributed by atoms with Crippen molar-refractivity contribution < 1.29 is 4.79 Å². The summed E-state index contributed by atoms with van der Waals surface area (Å²) in [5.41, 5.74) is 0.667. The first-order valence-corrected chi connectivity index (χ1v) is 6.30. The van der Waals surface area contributed by atoms with E-state index in [2.05, 4.69) is 52.4 Å². The number of benzene rings is 1. The van der Waals surface area contributed by atoms with Crippen LogP contribution < -0.4 is 5.32 Å². The molecule has 88 valence electrons. The van der Waals surface area contributed by atoms with Crippen molar-refractivity contribution in [1.82, 2.24) is 15.2 Å². The molecule has 2 N–H and O–H groups in total. The lowest BCUT2D eigenvalue weighted by atomic mass is 10.3. The topological polar surface area (TPSA) is 70.7 Å². The number of amides is 1. The normalized spacial score (nSPS) is 10.3. The van der Waals surface area contributed by atoms with E-state index in [9.17, 15) is 4.79 Å². The highest BCUT2D eigenvalue weighted by atomic mass is 79.9. The molecule has 1 aromatic carbocycles. The number of nitrogens with zero attached hydrogens (tertiary/aromatic N) is 2. The molecule has 1 aromatic heterocycles. The lowest BCUT2D eigenvalue weighted by molar-refractivity contribution is 0.101. The standard InChI is InChI=1S/C10H8Br2N4O/c1-5-13-9(16-15-5)10(17)14-8-3-2-6(11)4-7(8)12/h2-4H,1H3,(H,14,17)(H,13,15,16). The van der Waals surface area contributed by atoms with Gasteiger partial charge in [-0.15, -0.1) is 5.10 Å². The molecular formula is C10H8Br2N4O. The molecule has 0 aliphatic carbocycles. The van der Waals surface area contributed by atoms with Gasteiger partial charge < -0.3 is 5.32 Å². The number of rotatable bonds is 2. The molecular weight excluding hydrogens is 352 g/mol. The number of aromatic nitrogens is 3. The van der Waals surface area contributed by atoms with Crippen LogP contribution in [0.5, 0.6) is 0 Å². The number of halogens is 2. The molecule has 0 bridgehead atoms. The SMILES string of the molecule is Cc1nc(C(=O)Nc2ccc(Br)cc2Br)n[nH]1. The molecule has 0 saturated heterocycles. The number of anilines is 1. The number of carbonyl (C=O) groups excluding carboxylic acids is 1. The molecule has 0 aliphatic rings. The zero-order valence-electron chi connectivity index (χ0n) is 8.79. The van der Waals surface area contributed by atoms with E-state index in [-0.39, 0.29) is 11.7 Å². The van der Waals surface area contributed by atoms with E-state index in [1.54, 1.807) is 13.0 Å². The van der Waals surface area contributed by atoms with Gasteiger partial charge in [-0.25, -0.2) is 4.98 Å². The van der Waals surface area contributed by atoms with Crippen LogP contribution in [0.3, 0.4) is 0 Å². The van der Waals surface area contributed by atoms with Crippen LogP contribution in [-0.2, 0) is 0 Å². The Morgan fingerprint density at radius 3 is 2.76 bits per heavy atom. The zero-order valence-corrected chi connectivity index (χ0v) is 12.0. The summed E-state index contributed by atoms with van der Waals surface area (Å²) < 4.78 is 1.71. The zero-order chi connectivity index (χ0) is 12.4. The molecule has 0 radical (unpaired) electrons. The molecule has 0 atom stereocenters. The molecule has 5 nitrogen and oxygen atoms in total. The maximum atomic E-state index is 11.8. The Kier molecular flexibility index (Phi) is 3.58. The average molecular weight is 360 g/mol. The Morgan fingerprint density at radius 1 is 1.41 bits per heavy atom. The molecule has 0 spiro atoms. The number of hydrogen-bond donors (Lipinski definition) is 2. The van der Waals surface area contributed by atoms with Crippen molar-refractivity contribution in [3.8, 4) is 0 Å². The summed E-state index contributed by atoms with van der Waals surface area (Å²) in [6.07, 6.45) is 0. The Morgan fingerprint density at radius 2 is 2.18 bits per heavy atom. The van der Waals surface area contributed by atoms with Gasteiger partial charge in [0.15, 0.2) is 0 Å². The Labute approximate surface area is 114 Å². The van der Waals surface area contributed by atoms with Gasteiger partial charge in [-0.05, 0) is 41.1 Å². The molecule has 17 heavy (non-hydrogen) atoms. The van der Waals surface area contributed by atoms with Crippen molar-refractivity contribution in [2.75, 3.05) is 5.32 Å². The van der Waals surface area contributed by atoms with Gasteiger partial charge in [-0.3, -0.25) is 9.89 Å². The summed E-state index contributed by atoms with van der Waals surface area (Å²) in [6, 6.07) is 5.47. The second-order valence-electron chi connectivity index (χ2n) is 3.32. The van der Waals surface area contributed by atoms with Crippen LogP contribution in [0, 0.1) is 6.92 Å². The molecule has 0 saturated carbocycles. The Hall–Kier alpha value is -1.21. The molecule has 2 rings (SSSR count). The average Bonchev–Trinajstić information content (AvgIpc) is 2.69. The fourth-order valence-electron chi connectivity index (χ4n) is 1.21. The monoisotopic (exact) mass is 358 g/mol. The third kappa shape index (κ3) is 2.92. The minimum Gasteiger partial charge on any atom is -0.318 e. The van der Waals surface area contributed by atoms with Gasteiger partial charge in [0.05, 0.1) is 5.69 Å². The molecule has 0 aliphatic heterocycles. The summed E-state index contributed by atoms with van der Waals surface area (Å²) in [4.78, 5) is 15.7. The van der Waals surface area contributed by atoms with Gasteiger partial charge >= 0.3 is 0 Å². The Balaban J connectivity index is 2.18. The van der Waals surface area contributed by atoms with Crippen LogP contribution in [0.25, 0.3) is 0 Å². The molecule has 1 amide bonds. The van der Waals surface area contributed by atoms with E-state index in [1.165, 1.54) is 0 Å². The summed E-state index contributed by atoms with van der Waals surface area (Å²) in [5.74, 6) is 0.375. The number of H-pyrrole nitrogens is 1. The highest BCUT2D eigenvalue weighted by Gasteiger charge is 2.12. The highest BCUT2D eigenvalue weighted by molar-refractivity contribution is 9.11. The predicted octanol–water partition coefficient (Wildman–Crippen LogP) is 2.89. The number of nitrogens with one attached hydrogen (secondary N) is 2. The first kappa shape index (κ1) is 12.3. The van der Waals surface area contributed by atoms with Crippen molar-refractivity contribution in [3.05, 3.63) is 38.8 Å². The van der Waals surface area contributed by atoms with Gasteiger partial charge in [0.25, 0.3) is 5.91 Å². The van der Waals surface area contributed by atoms with E-state index in [0.29, 0.717) is 11.5 Å². The second kappa shape index (κ2) is 4.97. The van der Waals surface area contributed by atoms with Crippen molar-refractivity contribution >= 4 is 43.5 Å². The van der Waals surface area contributed by atoms with Crippen LogP contribution in [0.1, 0.15) is 16.4 Å². The van der Waals surface area contributed by atoms with Crippen molar-refractivity contribution in [3.63, 3.8) is 0 Å². The number of hydrogen-bond acceptors (Lipinski definition) is 3. The number of carbonyl (C=O) groups is 1. The minimum atomic E-state index is -0.350. The summed E-state index contributed by atoms with van der Waals surface area (Å²) in [6.45, 7) is 1.74. The van der Waals surface area contributed by atoms with Crippen LogP contribution in [-0.4, -0.2) is 21.1 Å². The molecule has 1 heterocycles. The van der Waals surface area contributed by atoms with E-state index < -0.39 is 0 Å². The smallest absolute Gasteiger partial charge is 0.295 e. The largest absolute Gasteiger partial charge is 0.318 e.